The van der Waals surface area contributed by atoms with Gasteiger partial charge in [0.15, 0.2) is 0 Å². The number of nitrogens with two attached hydrogens (primary N) is 1. The number of hydrogen-bond acceptors (Lipinski definition) is 2. The average Bonchev–Trinajstić information content (AvgIpc) is 2.64. The van der Waals surface area contributed by atoms with Crippen molar-refractivity contribution in [1.29, 1.82) is 0 Å². The Balaban J connectivity index is 1.88. The summed E-state index contributed by atoms with van der Waals surface area (Å²) in [6.07, 6.45) is 10.7. The molecule has 2 heteroatoms. The SMILES string of the molecule is CCCCC1CCC(C(N)C2CC(C)(C)OC2(C)C)CC1. The van der Waals surface area contributed by atoms with Crippen LogP contribution in [-0.2, 0) is 4.74 Å². The van der Waals surface area contributed by atoms with E-state index in [1.165, 1.54) is 44.9 Å². The highest BCUT2D eigenvalue weighted by Gasteiger charge is 2.49. The highest BCUT2D eigenvalue weighted by atomic mass is 16.5. The lowest BCUT2D eigenvalue weighted by Crippen LogP contribution is -2.46. The van der Waals surface area contributed by atoms with Gasteiger partial charge in [0.25, 0.3) is 0 Å². The first-order valence-electron chi connectivity index (χ1n) is 9.21. The minimum atomic E-state index is -0.0675. The maximum absolute atomic E-state index is 6.72. The van der Waals surface area contributed by atoms with Crippen molar-refractivity contribution >= 4 is 0 Å². The molecule has 1 saturated heterocycles. The fourth-order valence-corrected chi connectivity index (χ4v) is 4.89. The molecule has 2 fully saturated rings. The first kappa shape index (κ1) is 17.3. The smallest absolute Gasteiger partial charge is 0.0677 e. The van der Waals surface area contributed by atoms with Gasteiger partial charge < -0.3 is 10.5 Å². The van der Waals surface area contributed by atoms with E-state index in [9.17, 15) is 0 Å². The lowest BCUT2D eigenvalue weighted by atomic mass is 9.70. The highest BCUT2D eigenvalue weighted by Crippen LogP contribution is 2.46. The third-order valence-electron chi connectivity index (χ3n) is 6.01. The van der Waals surface area contributed by atoms with Gasteiger partial charge in [0.1, 0.15) is 0 Å². The molecular formula is C19H37NO. The molecule has 124 valence electrons. The monoisotopic (exact) mass is 295 g/mol. The maximum atomic E-state index is 6.72. The van der Waals surface area contributed by atoms with E-state index in [2.05, 4.69) is 34.6 Å². The summed E-state index contributed by atoms with van der Waals surface area (Å²) in [5.74, 6) is 2.19. The van der Waals surface area contributed by atoms with Crippen molar-refractivity contribution in [2.45, 2.75) is 103 Å². The van der Waals surface area contributed by atoms with E-state index in [1.807, 2.05) is 0 Å². The normalized spacial score (nSPS) is 36.6. The predicted molar refractivity (Wildman–Crippen MR) is 90.3 cm³/mol. The van der Waals surface area contributed by atoms with Gasteiger partial charge >= 0.3 is 0 Å². The molecule has 1 saturated carbocycles. The molecule has 0 aromatic heterocycles. The number of unbranched alkanes of at least 4 members (excludes halogenated alkanes) is 1. The second kappa shape index (κ2) is 6.58. The van der Waals surface area contributed by atoms with Gasteiger partial charge in [-0.05, 0) is 58.8 Å². The lowest BCUT2D eigenvalue weighted by molar-refractivity contribution is -0.0788. The van der Waals surface area contributed by atoms with Crippen LogP contribution in [0.15, 0.2) is 0 Å². The molecule has 1 aliphatic heterocycles. The quantitative estimate of drug-likeness (QED) is 0.782. The number of rotatable bonds is 5. The van der Waals surface area contributed by atoms with E-state index in [0.29, 0.717) is 17.9 Å². The molecule has 0 bridgehead atoms. The zero-order valence-corrected chi connectivity index (χ0v) is 15.0. The van der Waals surface area contributed by atoms with Gasteiger partial charge in [-0.15, -0.1) is 0 Å². The van der Waals surface area contributed by atoms with Crippen LogP contribution >= 0.6 is 0 Å². The van der Waals surface area contributed by atoms with Crippen LogP contribution in [0.3, 0.4) is 0 Å². The zero-order valence-electron chi connectivity index (χ0n) is 15.0. The van der Waals surface area contributed by atoms with Gasteiger partial charge in [0.05, 0.1) is 11.2 Å². The topological polar surface area (TPSA) is 35.2 Å². The van der Waals surface area contributed by atoms with Crippen LogP contribution in [0.4, 0.5) is 0 Å². The molecule has 2 aliphatic rings. The first-order chi connectivity index (χ1) is 9.75. The summed E-state index contributed by atoms with van der Waals surface area (Å²) in [5, 5.41) is 0. The second-order valence-electron chi connectivity index (χ2n) is 8.78. The second-order valence-corrected chi connectivity index (χ2v) is 8.78. The van der Waals surface area contributed by atoms with Gasteiger partial charge in [0, 0.05) is 12.0 Å². The Labute approximate surface area is 132 Å². The molecule has 0 amide bonds. The summed E-state index contributed by atoms with van der Waals surface area (Å²) in [6.45, 7) is 11.2. The highest BCUT2D eigenvalue weighted by molar-refractivity contribution is 5.00. The maximum Gasteiger partial charge on any atom is 0.0677 e. The van der Waals surface area contributed by atoms with Crippen LogP contribution in [0.2, 0.25) is 0 Å². The molecular weight excluding hydrogens is 258 g/mol. The molecule has 0 aromatic rings. The molecule has 21 heavy (non-hydrogen) atoms. The summed E-state index contributed by atoms with van der Waals surface area (Å²) in [5.41, 5.74) is 6.64. The van der Waals surface area contributed by atoms with Gasteiger partial charge in [-0.25, -0.2) is 0 Å². The largest absolute Gasteiger partial charge is 0.369 e. The van der Waals surface area contributed by atoms with Crippen molar-refractivity contribution in [2.24, 2.45) is 23.5 Å². The third-order valence-corrected chi connectivity index (χ3v) is 6.01. The van der Waals surface area contributed by atoms with Gasteiger partial charge in [-0.1, -0.05) is 39.0 Å². The van der Waals surface area contributed by atoms with Gasteiger partial charge in [-0.2, -0.15) is 0 Å². The summed E-state index contributed by atoms with van der Waals surface area (Å²) in [7, 11) is 0. The molecule has 0 aromatic carbocycles. The Hall–Kier alpha value is -0.0800. The summed E-state index contributed by atoms with van der Waals surface area (Å²) < 4.78 is 6.25. The van der Waals surface area contributed by atoms with Gasteiger partial charge in [-0.3, -0.25) is 0 Å². The molecule has 2 nitrogen and oxygen atoms in total. The summed E-state index contributed by atoms with van der Waals surface area (Å²) >= 11 is 0. The molecule has 1 heterocycles. The fraction of sp³-hybridized carbons (Fsp3) is 1.00. The lowest BCUT2D eigenvalue weighted by Gasteiger charge is -2.38. The Morgan fingerprint density at radius 1 is 1.10 bits per heavy atom. The molecule has 2 atom stereocenters. The first-order valence-corrected chi connectivity index (χ1v) is 9.21. The van der Waals surface area contributed by atoms with Crippen LogP contribution in [0, 0.1) is 17.8 Å². The Bertz CT molecular complexity index is 328. The van der Waals surface area contributed by atoms with E-state index in [-0.39, 0.29) is 11.2 Å². The van der Waals surface area contributed by atoms with Crippen molar-refractivity contribution in [1.82, 2.24) is 0 Å². The summed E-state index contributed by atoms with van der Waals surface area (Å²) in [6, 6.07) is 0.314. The van der Waals surface area contributed by atoms with Crippen molar-refractivity contribution in [3.05, 3.63) is 0 Å². The van der Waals surface area contributed by atoms with E-state index in [4.69, 9.17) is 10.5 Å². The van der Waals surface area contributed by atoms with Crippen LogP contribution < -0.4 is 5.73 Å². The van der Waals surface area contributed by atoms with Crippen molar-refractivity contribution in [2.75, 3.05) is 0 Å². The average molecular weight is 296 g/mol. The van der Waals surface area contributed by atoms with Crippen molar-refractivity contribution in [3.8, 4) is 0 Å². The van der Waals surface area contributed by atoms with E-state index in [1.54, 1.807) is 0 Å². The molecule has 0 radical (unpaired) electrons. The molecule has 0 spiro atoms. The summed E-state index contributed by atoms with van der Waals surface area (Å²) in [4.78, 5) is 0. The van der Waals surface area contributed by atoms with Crippen LogP contribution in [0.25, 0.3) is 0 Å². The van der Waals surface area contributed by atoms with Crippen LogP contribution in [0.1, 0.15) is 86.0 Å². The Morgan fingerprint density at radius 3 is 2.19 bits per heavy atom. The molecule has 2 unspecified atom stereocenters. The van der Waals surface area contributed by atoms with E-state index in [0.717, 1.165) is 12.3 Å². The zero-order chi connectivity index (χ0) is 15.7. The molecule has 1 aliphatic carbocycles. The van der Waals surface area contributed by atoms with Crippen molar-refractivity contribution in [3.63, 3.8) is 0 Å². The fourth-order valence-electron chi connectivity index (χ4n) is 4.89. The van der Waals surface area contributed by atoms with E-state index < -0.39 is 0 Å². The van der Waals surface area contributed by atoms with Crippen molar-refractivity contribution < 1.29 is 4.74 Å². The van der Waals surface area contributed by atoms with Gasteiger partial charge in [0.2, 0.25) is 0 Å². The molecule has 2 N–H and O–H groups in total. The third kappa shape index (κ3) is 4.22. The van der Waals surface area contributed by atoms with Crippen LogP contribution in [0.5, 0.6) is 0 Å². The Morgan fingerprint density at radius 2 is 1.71 bits per heavy atom. The standard InChI is InChI=1S/C19H37NO/c1-6-7-8-14-9-11-15(12-10-14)17(20)16-13-18(2,3)21-19(16,4)5/h14-17H,6-13,20H2,1-5H3. The minimum Gasteiger partial charge on any atom is -0.369 e. The minimum absolute atomic E-state index is 0.00981. The number of hydrogen-bond donors (Lipinski definition) is 1. The molecule has 2 rings (SSSR count). The Kier molecular flexibility index (Phi) is 5.41. The predicted octanol–water partition coefficient (Wildman–Crippen LogP) is 4.90. The number of ether oxygens (including phenoxy) is 1. The van der Waals surface area contributed by atoms with E-state index >= 15 is 0 Å². The van der Waals surface area contributed by atoms with Crippen LogP contribution in [-0.4, -0.2) is 17.2 Å².